The molecule has 1 heterocycles. The first-order chi connectivity index (χ1) is 13.1. The molecule has 0 saturated heterocycles. The van der Waals surface area contributed by atoms with Gasteiger partial charge in [0.15, 0.2) is 0 Å². The molecule has 3 rings (SSSR count). The Hall–Kier alpha value is -3.41. The van der Waals surface area contributed by atoms with Gasteiger partial charge in [0.05, 0.1) is 5.69 Å². The van der Waals surface area contributed by atoms with Crippen LogP contribution in [0.4, 0.5) is 5.69 Å². The van der Waals surface area contributed by atoms with Gasteiger partial charge >= 0.3 is 5.69 Å². The minimum absolute atomic E-state index is 0.00108. The largest absolute Gasteiger partial charge is 0.494 e. The molecule has 6 heteroatoms. The van der Waals surface area contributed by atoms with Gasteiger partial charge in [0.2, 0.25) is 5.88 Å². The van der Waals surface area contributed by atoms with E-state index >= 15 is 0 Å². The summed E-state index contributed by atoms with van der Waals surface area (Å²) in [6, 6.07) is 17.3. The minimum atomic E-state index is -0.550. The van der Waals surface area contributed by atoms with E-state index < -0.39 is 11.2 Å². The van der Waals surface area contributed by atoms with E-state index in [1.165, 1.54) is 6.21 Å². The summed E-state index contributed by atoms with van der Waals surface area (Å²) in [5, 5.41) is 10.4. The Morgan fingerprint density at radius 2 is 1.56 bits per heavy atom. The molecule has 6 nitrogen and oxygen atoms in total. The lowest BCUT2D eigenvalue weighted by molar-refractivity contribution is 0.394. The average molecular weight is 363 g/mol. The molecule has 2 aromatic carbocycles. The molecule has 3 aromatic rings. The molecule has 0 radical (unpaired) electrons. The van der Waals surface area contributed by atoms with E-state index in [9.17, 15) is 14.7 Å². The molecule has 0 aliphatic carbocycles. The van der Waals surface area contributed by atoms with Gasteiger partial charge in [-0.15, -0.1) is 0 Å². The Labute approximate surface area is 156 Å². The van der Waals surface area contributed by atoms with Crippen molar-refractivity contribution in [2.75, 3.05) is 0 Å². The normalized spacial score (nSPS) is 11.2. The summed E-state index contributed by atoms with van der Waals surface area (Å²) in [5.74, 6) is -0.363. The van der Waals surface area contributed by atoms with Crippen molar-refractivity contribution in [3.63, 3.8) is 0 Å². The fourth-order valence-corrected chi connectivity index (χ4v) is 2.97. The second kappa shape index (κ2) is 7.86. The maximum absolute atomic E-state index is 12.6. The van der Waals surface area contributed by atoms with Gasteiger partial charge in [-0.05, 0) is 25.5 Å². The van der Waals surface area contributed by atoms with Crippen LogP contribution >= 0.6 is 0 Å². The van der Waals surface area contributed by atoms with Crippen molar-refractivity contribution in [1.29, 1.82) is 0 Å². The van der Waals surface area contributed by atoms with E-state index in [-0.39, 0.29) is 24.5 Å². The number of hydrogen-bond acceptors (Lipinski definition) is 4. The second-order valence-electron chi connectivity index (χ2n) is 5.95. The van der Waals surface area contributed by atoms with E-state index in [0.29, 0.717) is 5.69 Å². The predicted molar refractivity (Wildman–Crippen MR) is 107 cm³/mol. The summed E-state index contributed by atoms with van der Waals surface area (Å²) in [7, 11) is 0. The summed E-state index contributed by atoms with van der Waals surface area (Å²) < 4.78 is 2.25. The Balaban J connectivity index is 2.14. The third kappa shape index (κ3) is 3.46. The number of aromatic hydroxyl groups is 1. The van der Waals surface area contributed by atoms with Gasteiger partial charge in [-0.1, -0.05) is 48.5 Å². The van der Waals surface area contributed by atoms with Crippen LogP contribution < -0.4 is 11.2 Å². The van der Waals surface area contributed by atoms with Crippen LogP contribution in [-0.2, 0) is 13.1 Å². The molecular formula is C21H21N3O3. The average Bonchev–Trinajstić information content (AvgIpc) is 2.69. The van der Waals surface area contributed by atoms with Gasteiger partial charge in [0.1, 0.15) is 5.56 Å². The van der Waals surface area contributed by atoms with Crippen LogP contribution in [0.25, 0.3) is 11.1 Å². The number of aliphatic imine (C=N–C) groups is 1. The van der Waals surface area contributed by atoms with E-state index in [2.05, 4.69) is 4.99 Å². The van der Waals surface area contributed by atoms with E-state index in [4.69, 9.17) is 0 Å². The lowest BCUT2D eigenvalue weighted by Gasteiger charge is -2.11. The van der Waals surface area contributed by atoms with Crippen LogP contribution in [0, 0.1) is 0 Å². The fraction of sp³-hybridized carbons (Fsp3) is 0.190. The van der Waals surface area contributed by atoms with E-state index in [0.717, 1.165) is 20.3 Å². The lowest BCUT2D eigenvalue weighted by Crippen LogP contribution is -2.41. The zero-order valence-electron chi connectivity index (χ0n) is 15.3. The Kier molecular flexibility index (Phi) is 5.35. The highest BCUT2D eigenvalue weighted by Crippen LogP contribution is 2.29. The first-order valence-corrected chi connectivity index (χ1v) is 8.83. The zero-order valence-corrected chi connectivity index (χ0v) is 15.3. The van der Waals surface area contributed by atoms with Gasteiger partial charge in [-0.2, -0.15) is 0 Å². The molecule has 138 valence electrons. The van der Waals surface area contributed by atoms with Gasteiger partial charge < -0.3 is 5.11 Å². The molecule has 0 saturated carbocycles. The molecule has 1 N–H and O–H groups in total. The fourth-order valence-electron chi connectivity index (χ4n) is 2.97. The number of benzene rings is 2. The summed E-state index contributed by atoms with van der Waals surface area (Å²) in [6.45, 7) is 3.93. The molecule has 0 amide bonds. The molecule has 0 atom stereocenters. The lowest BCUT2D eigenvalue weighted by atomic mass is 10.0. The smallest absolute Gasteiger partial charge is 0.333 e. The van der Waals surface area contributed by atoms with Crippen LogP contribution in [0.5, 0.6) is 5.88 Å². The summed E-state index contributed by atoms with van der Waals surface area (Å²) >= 11 is 0. The standard InChI is InChI=1S/C21H21N3O3/c1-3-23-19(25)17(20(26)24(4-2)21(23)27)14-22-18-13-9-8-12-16(18)15-10-6-5-7-11-15/h5-14,25H,3-4H2,1-2H3. The SMILES string of the molecule is CCn1c(O)c(C=Nc2ccccc2-c2ccccc2)c(=O)n(CC)c1=O. The highest BCUT2D eigenvalue weighted by atomic mass is 16.3. The molecule has 0 spiro atoms. The molecule has 0 fully saturated rings. The van der Waals surface area contributed by atoms with Crippen molar-refractivity contribution in [2.45, 2.75) is 26.9 Å². The quantitative estimate of drug-likeness (QED) is 0.708. The maximum Gasteiger partial charge on any atom is 0.333 e. The Bertz CT molecular complexity index is 1100. The molecule has 27 heavy (non-hydrogen) atoms. The first kappa shape index (κ1) is 18.4. The van der Waals surface area contributed by atoms with Crippen molar-refractivity contribution in [3.05, 3.63) is 81.0 Å². The van der Waals surface area contributed by atoms with Crippen LogP contribution in [0.15, 0.2) is 69.2 Å². The number of rotatable bonds is 5. The van der Waals surface area contributed by atoms with E-state index in [1.807, 2.05) is 54.6 Å². The molecule has 0 aliphatic rings. The molecule has 0 bridgehead atoms. The van der Waals surface area contributed by atoms with Gasteiger partial charge in [0, 0.05) is 24.9 Å². The zero-order chi connectivity index (χ0) is 19.4. The summed E-state index contributed by atoms with van der Waals surface area (Å²) in [6.07, 6.45) is 1.33. The van der Waals surface area contributed by atoms with Crippen LogP contribution in [0.3, 0.4) is 0 Å². The topological polar surface area (TPSA) is 76.6 Å². The number of para-hydroxylation sites is 1. The number of aromatic nitrogens is 2. The van der Waals surface area contributed by atoms with Crippen LogP contribution in [0.2, 0.25) is 0 Å². The molecule has 0 unspecified atom stereocenters. The van der Waals surface area contributed by atoms with E-state index in [1.54, 1.807) is 13.8 Å². The molecule has 0 aliphatic heterocycles. The van der Waals surface area contributed by atoms with Gasteiger partial charge in [-0.25, -0.2) is 4.79 Å². The first-order valence-electron chi connectivity index (χ1n) is 8.83. The number of nitrogens with zero attached hydrogens (tertiary/aromatic N) is 3. The number of hydrogen-bond donors (Lipinski definition) is 1. The highest BCUT2D eigenvalue weighted by molar-refractivity contribution is 5.87. The van der Waals surface area contributed by atoms with Gasteiger partial charge in [-0.3, -0.25) is 18.9 Å². The maximum atomic E-state index is 12.6. The Morgan fingerprint density at radius 3 is 2.22 bits per heavy atom. The monoisotopic (exact) mass is 363 g/mol. The van der Waals surface area contributed by atoms with Gasteiger partial charge in [0.25, 0.3) is 5.56 Å². The third-order valence-electron chi connectivity index (χ3n) is 4.39. The summed E-state index contributed by atoms with van der Waals surface area (Å²) in [5.41, 5.74) is 1.50. The molecular weight excluding hydrogens is 342 g/mol. The van der Waals surface area contributed by atoms with Crippen LogP contribution in [-0.4, -0.2) is 20.5 Å². The van der Waals surface area contributed by atoms with Crippen molar-refractivity contribution in [3.8, 4) is 17.0 Å². The molecule has 1 aromatic heterocycles. The summed E-state index contributed by atoms with van der Waals surface area (Å²) in [4.78, 5) is 29.3. The predicted octanol–water partition coefficient (Wildman–Crippen LogP) is 3.17. The van der Waals surface area contributed by atoms with Crippen molar-refractivity contribution < 1.29 is 5.11 Å². The van der Waals surface area contributed by atoms with Crippen molar-refractivity contribution in [1.82, 2.24) is 9.13 Å². The van der Waals surface area contributed by atoms with Crippen LogP contribution in [0.1, 0.15) is 19.4 Å². The third-order valence-corrected chi connectivity index (χ3v) is 4.39. The van der Waals surface area contributed by atoms with Crippen molar-refractivity contribution >= 4 is 11.9 Å². The minimum Gasteiger partial charge on any atom is -0.494 e. The van der Waals surface area contributed by atoms with Crippen molar-refractivity contribution in [2.24, 2.45) is 4.99 Å². The second-order valence-corrected chi connectivity index (χ2v) is 5.95. The Morgan fingerprint density at radius 1 is 0.926 bits per heavy atom. The highest BCUT2D eigenvalue weighted by Gasteiger charge is 2.15.